The largest absolute Gasteiger partial charge is 0.373 e. The number of morpholine rings is 1. The van der Waals surface area contributed by atoms with E-state index in [1.165, 1.54) is 0 Å². The molecule has 1 heterocycles. The Morgan fingerprint density at radius 2 is 1.86 bits per heavy atom. The van der Waals surface area contributed by atoms with Crippen LogP contribution < -0.4 is 5.32 Å². The molecule has 2 unspecified atom stereocenters. The lowest BCUT2D eigenvalue weighted by Crippen LogP contribution is -2.48. The Balaban J connectivity index is 2.11. The van der Waals surface area contributed by atoms with E-state index in [9.17, 15) is 8.42 Å². The molecule has 1 fully saturated rings. The second-order valence-corrected chi connectivity index (χ2v) is 7.65. The zero-order valence-electron chi connectivity index (χ0n) is 12.9. The Labute approximate surface area is 127 Å². The van der Waals surface area contributed by atoms with Gasteiger partial charge in [-0.1, -0.05) is 24.3 Å². The van der Waals surface area contributed by atoms with Crippen molar-refractivity contribution in [2.75, 3.05) is 20.1 Å². The SMILES string of the molecule is CNCc1cccc(CS(=O)(=O)N2CC(C)OC(C)C2)c1. The minimum atomic E-state index is -3.30. The van der Waals surface area contributed by atoms with Gasteiger partial charge in [-0.05, 0) is 32.0 Å². The number of rotatable bonds is 5. The van der Waals surface area contributed by atoms with E-state index >= 15 is 0 Å². The van der Waals surface area contributed by atoms with Gasteiger partial charge in [-0.15, -0.1) is 0 Å². The van der Waals surface area contributed by atoms with E-state index in [-0.39, 0.29) is 18.0 Å². The van der Waals surface area contributed by atoms with Crippen molar-refractivity contribution in [3.05, 3.63) is 35.4 Å². The first-order valence-corrected chi connectivity index (χ1v) is 8.87. The number of nitrogens with one attached hydrogen (secondary N) is 1. The van der Waals surface area contributed by atoms with Crippen molar-refractivity contribution in [1.29, 1.82) is 0 Å². The van der Waals surface area contributed by atoms with Gasteiger partial charge in [0, 0.05) is 19.6 Å². The lowest BCUT2D eigenvalue weighted by atomic mass is 10.1. The lowest BCUT2D eigenvalue weighted by molar-refractivity contribution is -0.0441. The zero-order valence-corrected chi connectivity index (χ0v) is 13.7. The van der Waals surface area contributed by atoms with Gasteiger partial charge in [0.15, 0.2) is 0 Å². The van der Waals surface area contributed by atoms with E-state index in [0.717, 1.165) is 17.7 Å². The first-order valence-electron chi connectivity index (χ1n) is 7.26. The van der Waals surface area contributed by atoms with Gasteiger partial charge >= 0.3 is 0 Å². The highest BCUT2D eigenvalue weighted by Gasteiger charge is 2.30. The molecule has 0 radical (unpaired) electrons. The molecule has 0 aromatic heterocycles. The molecule has 0 amide bonds. The predicted molar refractivity (Wildman–Crippen MR) is 83.4 cm³/mol. The van der Waals surface area contributed by atoms with Crippen LogP contribution in [0.25, 0.3) is 0 Å². The Morgan fingerprint density at radius 3 is 2.48 bits per heavy atom. The van der Waals surface area contributed by atoms with E-state index in [1.54, 1.807) is 4.31 Å². The minimum Gasteiger partial charge on any atom is -0.373 e. The quantitative estimate of drug-likeness (QED) is 0.891. The molecule has 6 heteroatoms. The highest BCUT2D eigenvalue weighted by molar-refractivity contribution is 7.88. The van der Waals surface area contributed by atoms with Crippen LogP contribution in [-0.2, 0) is 27.1 Å². The van der Waals surface area contributed by atoms with Crippen LogP contribution in [0.4, 0.5) is 0 Å². The van der Waals surface area contributed by atoms with E-state index in [0.29, 0.717) is 13.1 Å². The van der Waals surface area contributed by atoms with Crippen LogP contribution in [-0.4, -0.2) is 45.1 Å². The lowest BCUT2D eigenvalue weighted by Gasteiger charge is -2.34. The van der Waals surface area contributed by atoms with Gasteiger partial charge < -0.3 is 10.1 Å². The fraction of sp³-hybridized carbons (Fsp3) is 0.600. The molecule has 1 aliphatic heterocycles. The molecule has 5 nitrogen and oxygen atoms in total. The van der Waals surface area contributed by atoms with Gasteiger partial charge in [0.05, 0.1) is 18.0 Å². The predicted octanol–water partition coefficient (Wildman–Crippen LogP) is 1.35. The fourth-order valence-corrected chi connectivity index (χ4v) is 4.35. The summed E-state index contributed by atoms with van der Waals surface area (Å²) in [6, 6.07) is 7.71. The van der Waals surface area contributed by atoms with Gasteiger partial charge in [0.25, 0.3) is 0 Å². The van der Waals surface area contributed by atoms with Crippen LogP contribution in [0, 0.1) is 0 Å². The molecule has 2 rings (SSSR count). The molecule has 0 saturated carbocycles. The Hall–Kier alpha value is -0.950. The highest BCUT2D eigenvalue weighted by Crippen LogP contribution is 2.18. The van der Waals surface area contributed by atoms with Crippen LogP contribution in [0.1, 0.15) is 25.0 Å². The Kier molecular flexibility index (Phi) is 5.37. The molecule has 2 atom stereocenters. The molecular weight excluding hydrogens is 288 g/mol. The smallest absolute Gasteiger partial charge is 0.218 e. The minimum absolute atomic E-state index is 0.0456. The number of sulfonamides is 1. The monoisotopic (exact) mass is 312 g/mol. The summed E-state index contributed by atoms with van der Waals surface area (Å²) in [6.45, 7) is 5.42. The van der Waals surface area contributed by atoms with Crippen molar-refractivity contribution in [2.45, 2.75) is 38.4 Å². The molecule has 0 aliphatic carbocycles. The molecule has 1 aromatic rings. The number of nitrogens with zero attached hydrogens (tertiary/aromatic N) is 1. The van der Waals surface area contributed by atoms with Gasteiger partial charge in [0.2, 0.25) is 10.0 Å². The van der Waals surface area contributed by atoms with Gasteiger partial charge in [0.1, 0.15) is 0 Å². The molecule has 1 N–H and O–H groups in total. The first kappa shape index (κ1) is 16.4. The summed E-state index contributed by atoms with van der Waals surface area (Å²) in [5.74, 6) is 0.0456. The molecule has 118 valence electrons. The molecule has 1 aliphatic rings. The first-order chi connectivity index (χ1) is 9.90. The zero-order chi connectivity index (χ0) is 15.5. The van der Waals surface area contributed by atoms with Crippen molar-refractivity contribution >= 4 is 10.0 Å². The Morgan fingerprint density at radius 1 is 1.24 bits per heavy atom. The summed E-state index contributed by atoms with van der Waals surface area (Å²) in [4.78, 5) is 0. The molecule has 0 spiro atoms. The summed E-state index contributed by atoms with van der Waals surface area (Å²) < 4.78 is 32.3. The van der Waals surface area contributed by atoms with Gasteiger partial charge in [-0.2, -0.15) is 4.31 Å². The summed E-state index contributed by atoms with van der Waals surface area (Å²) >= 11 is 0. The number of hydrogen-bond donors (Lipinski definition) is 1. The molecule has 21 heavy (non-hydrogen) atoms. The standard InChI is InChI=1S/C15H24N2O3S/c1-12-9-17(10-13(2)20-12)21(18,19)11-15-6-4-5-14(7-15)8-16-3/h4-7,12-13,16H,8-11H2,1-3H3. The van der Waals surface area contributed by atoms with Crippen LogP contribution in [0.3, 0.4) is 0 Å². The molecular formula is C15H24N2O3S. The maximum absolute atomic E-state index is 12.6. The summed E-state index contributed by atoms with van der Waals surface area (Å²) in [5, 5.41) is 3.07. The van der Waals surface area contributed by atoms with E-state index in [1.807, 2.05) is 45.2 Å². The molecule has 1 saturated heterocycles. The highest BCUT2D eigenvalue weighted by atomic mass is 32.2. The average molecular weight is 312 g/mol. The van der Waals surface area contributed by atoms with Crippen LogP contribution in [0.15, 0.2) is 24.3 Å². The topological polar surface area (TPSA) is 58.6 Å². The van der Waals surface area contributed by atoms with Gasteiger partial charge in [-0.25, -0.2) is 8.42 Å². The van der Waals surface area contributed by atoms with Crippen molar-refractivity contribution in [3.8, 4) is 0 Å². The van der Waals surface area contributed by atoms with Crippen molar-refractivity contribution < 1.29 is 13.2 Å². The number of benzene rings is 1. The Bertz CT molecular complexity index is 564. The summed E-state index contributed by atoms with van der Waals surface area (Å²) in [5.41, 5.74) is 1.92. The maximum atomic E-state index is 12.6. The molecule has 1 aromatic carbocycles. The average Bonchev–Trinajstić information content (AvgIpc) is 2.38. The summed E-state index contributed by atoms with van der Waals surface area (Å²) in [7, 11) is -1.43. The fourth-order valence-electron chi connectivity index (χ4n) is 2.69. The maximum Gasteiger partial charge on any atom is 0.218 e. The van der Waals surface area contributed by atoms with E-state index in [4.69, 9.17) is 4.74 Å². The van der Waals surface area contributed by atoms with E-state index < -0.39 is 10.0 Å². The second-order valence-electron chi connectivity index (χ2n) is 5.68. The van der Waals surface area contributed by atoms with Gasteiger partial charge in [-0.3, -0.25) is 0 Å². The molecule has 0 bridgehead atoms. The normalized spacial score (nSPS) is 24.1. The number of hydrogen-bond acceptors (Lipinski definition) is 4. The van der Waals surface area contributed by atoms with Crippen molar-refractivity contribution in [2.24, 2.45) is 0 Å². The van der Waals surface area contributed by atoms with E-state index in [2.05, 4.69) is 5.32 Å². The third-order valence-corrected chi connectivity index (χ3v) is 5.28. The van der Waals surface area contributed by atoms with Crippen LogP contribution >= 0.6 is 0 Å². The van der Waals surface area contributed by atoms with Crippen molar-refractivity contribution in [3.63, 3.8) is 0 Å². The van der Waals surface area contributed by atoms with Crippen molar-refractivity contribution in [1.82, 2.24) is 9.62 Å². The third kappa shape index (κ3) is 4.51. The third-order valence-electron chi connectivity index (χ3n) is 3.50. The number of ether oxygens (including phenoxy) is 1. The van der Waals surface area contributed by atoms with Crippen LogP contribution in [0.5, 0.6) is 0 Å². The van der Waals surface area contributed by atoms with Crippen LogP contribution in [0.2, 0.25) is 0 Å². The second kappa shape index (κ2) is 6.87. The summed E-state index contributed by atoms with van der Waals surface area (Å²) in [6.07, 6.45) is -0.113.